The topological polar surface area (TPSA) is 3.24 Å². The molecule has 308 valence electrons. The van der Waals surface area contributed by atoms with Crippen LogP contribution in [0.15, 0.2) is 249 Å². The summed E-state index contributed by atoms with van der Waals surface area (Å²) in [4.78, 5) is 2.48. The molecule has 0 N–H and O–H groups in total. The highest BCUT2D eigenvalue weighted by Gasteiger charge is 2.21. The molecule has 0 amide bonds. The van der Waals surface area contributed by atoms with Gasteiger partial charge in [0.05, 0.1) is 5.69 Å². The van der Waals surface area contributed by atoms with E-state index in [2.05, 4.69) is 254 Å². The Kier molecular flexibility index (Phi) is 9.11. The number of hydrogen-bond donors (Lipinski definition) is 0. The van der Waals surface area contributed by atoms with E-state index >= 15 is 0 Å². The first-order valence-electron chi connectivity index (χ1n) is 22.7. The summed E-state index contributed by atoms with van der Waals surface area (Å²) in [6.45, 7) is 0. The molecule has 2 heteroatoms. The minimum atomic E-state index is 1.09. The zero-order valence-electron chi connectivity index (χ0n) is 36.0. The molecule has 13 aromatic rings. The van der Waals surface area contributed by atoms with Crippen LogP contribution in [0.4, 0.5) is 17.1 Å². The molecule has 0 saturated carbocycles. The highest BCUT2D eigenvalue weighted by atomic mass is 32.1. The lowest BCUT2D eigenvalue weighted by Crippen LogP contribution is -2.11. The van der Waals surface area contributed by atoms with Gasteiger partial charge in [-0.1, -0.05) is 206 Å². The smallest absolute Gasteiger partial charge is 0.0546 e. The second-order valence-electron chi connectivity index (χ2n) is 17.2. The molecule has 0 unspecified atom stereocenters. The molecule has 1 nitrogen and oxygen atoms in total. The lowest BCUT2D eigenvalue weighted by Gasteiger charge is -2.28. The summed E-state index contributed by atoms with van der Waals surface area (Å²) in [5, 5.41) is 12.5. The molecule has 0 saturated heterocycles. The molecule has 12 aromatic carbocycles. The average Bonchev–Trinajstić information content (AvgIpc) is 3.78. The molecule has 0 atom stereocenters. The van der Waals surface area contributed by atoms with Crippen molar-refractivity contribution < 1.29 is 0 Å². The van der Waals surface area contributed by atoms with Gasteiger partial charge < -0.3 is 4.90 Å². The van der Waals surface area contributed by atoms with Gasteiger partial charge in [0.2, 0.25) is 0 Å². The van der Waals surface area contributed by atoms with E-state index in [1.807, 2.05) is 11.3 Å². The summed E-state index contributed by atoms with van der Waals surface area (Å²) in [7, 11) is 0. The monoisotopic (exact) mass is 855 g/mol. The van der Waals surface area contributed by atoms with Crippen molar-refractivity contribution in [3.63, 3.8) is 0 Å². The van der Waals surface area contributed by atoms with Gasteiger partial charge in [0, 0.05) is 36.9 Å². The van der Waals surface area contributed by atoms with Crippen LogP contribution in [0.2, 0.25) is 0 Å². The minimum absolute atomic E-state index is 1.09. The quantitative estimate of drug-likeness (QED) is 0.144. The molecule has 0 bridgehead atoms. The number of rotatable bonds is 7. The third-order valence-corrected chi connectivity index (χ3v) is 14.6. The van der Waals surface area contributed by atoms with Gasteiger partial charge in [0.25, 0.3) is 0 Å². The molecule has 0 aliphatic rings. The largest absolute Gasteiger partial charge is 0.310 e. The fourth-order valence-electron chi connectivity index (χ4n) is 10.4. The Balaban J connectivity index is 1.04. The first kappa shape index (κ1) is 38.2. The van der Waals surface area contributed by atoms with Crippen LogP contribution in [-0.4, -0.2) is 0 Å². The summed E-state index contributed by atoms with van der Waals surface area (Å²) in [5.41, 5.74) is 13.0. The molecule has 0 spiro atoms. The van der Waals surface area contributed by atoms with Crippen LogP contribution >= 0.6 is 11.3 Å². The Labute approximate surface area is 387 Å². The minimum Gasteiger partial charge on any atom is -0.310 e. The fraction of sp³-hybridized carbons (Fsp3) is 0. The van der Waals surface area contributed by atoms with Crippen molar-refractivity contribution in [2.45, 2.75) is 0 Å². The normalized spacial score (nSPS) is 11.6. The van der Waals surface area contributed by atoms with Crippen molar-refractivity contribution in [3.8, 4) is 44.5 Å². The molecular formula is C64H41NS. The average molecular weight is 856 g/mol. The first-order valence-corrected chi connectivity index (χ1v) is 23.5. The van der Waals surface area contributed by atoms with Crippen LogP contribution in [0, 0.1) is 0 Å². The zero-order chi connectivity index (χ0) is 43.6. The number of anilines is 3. The van der Waals surface area contributed by atoms with Gasteiger partial charge in [-0.2, -0.15) is 0 Å². The highest BCUT2D eigenvalue weighted by Crippen LogP contribution is 2.48. The molecule has 13 rings (SSSR count). The van der Waals surface area contributed by atoms with Gasteiger partial charge >= 0.3 is 0 Å². The van der Waals surface area contributed by atoms with Crippen LogP contribution < -0.4 is 4.90 Å². The van der Waals surface area contributed by atoms with Gasteiger partial charge in [-0.3, -0.25) is 0 Å². The Hall–Kier alpha value is -8.30. The van der Waals surface area contributed by atoms with E-state index in [4.69, 9.17) is 0 Å². The number of nitrogens with zero attached hydrogens (tertiary/aromatic N) is 1. The van der Waals surface area contributed by atoms with E-state index < -0.39 is 0 Å². The van der Waals surface area contributed by atoms with Gasteiger partial charge in [0.1, 0.15) is 0 Å². The summed E-state index contributed by atoms with van der Waals surface area (Å²) in [6.07, 6.45) is 0. The third-order valence-electron chi connectivity index (χ3n) is 13.4. The summed E-state index contributed by atoms with van der Waals surface area (Å²) >= 11 is 1.88. The fourth-order valence-corrected chi connectivity index (χ4v) is 11.7. The van der Waals surface area contributed by atoms with Gasteiger partial charge in [-0.15, -0.1) is 11.3 Å². The second kappa shape index (κ2) is 15.7. The van der Waals surface area contributed by atoms with Crippen molar-refractivity contribution in [1.29, 1.82) is 0 Å². The first-order chi connectivity index (χ1) is 32.7. The maximum atomic E-state index is 2.48. The SMILES string of the molecule is c1ccc(-c2c(-c3ccccc3)c3cc(-c4cccc(N(c5cccc(-c6cccc7c6sc6ccccc67)c5)c5cc6ccccc6c6ccccc56)c4)ccc3c3ccccc23)cc1. The summed E-state index contributed by atoms with van der Waals surface area (Å²) < 4.78 is 2.63. The predicted molar refractivity (Wildman–Crippen MR) is 286 cm³/mol. The lowest BCUT2D eigenvalue weighted by atomic mass is 9.84. The Morgan fingerprint density at radius 3 is 1.52 bits per heavy atom. The maximum Gasteiger partial charge on any atom is 0.0546 e. The Bertz CT molecular complexity index is 4000. The highest BCUT2D eigenvalue weighted by molar-refractivity contribution is 7.26. The zero-order valence-corrected chi connectivity index (χ0v) is 36.8. The van der Waals surface area contributed by atoms with Crippen molar-refractivity contribution in [3.05, 3.63) is 249 Å². The van der Waals surface area contributed by atoms with E-state index in [1.54, 1.807) is 0 Å². The summed E-state index contributed by atoms with van der Waals surface area (Å²) in [5.74, 6) is 0. The number of thiophene rings is 1. The molecular weight excluding hydrogens is 815 g/mol. The van der Waals surface area contributed by atoms with Crippen molar-refractivity contribution in [2.24, 2.45) is 0 Å². The Morgan fingerprint density at radius 2 is 0.773 bits per heavy atom. The molecule has 0 aliphatic carbocycles. The van der Waals surface area contributed by atoms with E-state index in [0.717, 1.165) is 22.6 Å². The maximum absolute atomic E-state index is 2.48. The van der Waals surface area contributed by atoms with E-state index in [1.165, 1.54) is 102 Å². The lowest BCUT2D eigenvalue weighted by molar-refractivity contribution is 1.30. The number of benzene rings is 12. The number of fused-ring (bicyclic) bond motifs is 9. The van der Waals surface area contributed by atoms with Crippen LogP contribution in [0.25, 0.3) is 108 Å². The van der Waals surface area contributed by atoms with Crippen molar-refractivity contribution >= 4 is 91.7 Å². The van der Waals surface area contributed by atoms with E-state index in [9.17, 15) is 0 Å². The van der Waals surface area contributed by atoms with Crippen LogP contribution in [0.5, 0.6) is 0 Å². The van der Waals surface area contributed by atoms with Crippen LogP contribution in [0.1, 0.15) is 0 Å². The Morgan fingerprint density at radius 1 is 0.273 bits per heavy atom. The van der Waals surface area contributed by atoms with Crippen molar-refractivity contribution in [1.82, 2.24) is 0 Å². The van der Waals surface area contributed by atoms with Crippen molar-refractivity contribution in [2.75, 3.05) is 4.90 Å². The van der Waals surface area contributed by atoms with E-state index in [0.29, 0.717) is 0 Å². The second-order valence-corrected chi connectivity index (χ2v) is 18.2. The molecule has 0 radical (unpaired) electrons. The van der Waals surface area contributed by atoms with Gasteiger partial charge in [-0.05, 0) is 125 Å². The van der Waals surface area contributed by atoms with Gasteiger partial charge in [-0.25, -0.2) is 0 Å². The standard InChI is InChI=1S/C64H41NS/c1-3-18-42(19-4-1)62-57-32-12-10-29-53(57)54-37-36-45(40-59(54)63(62)43-20-5-2-6-21-43)44-23-15-25-48(38-44)65(60-41-47-22-7-8-27-50(47)52-28-9-11-30-55(52)60)49-26-16-24-46(39-49)51-33-17-34-58-56-31-13-14-35-61(56)66-64(51)58/h1-41H. The number of hydrogen-bond acceptors (Lipinski definition) is 2. The predicted octanol–water partition coefficient (Wildman–Crippen LogP) is 18.8. The molecule has 1 aromatic heterocycles. The molecule has 0 fully saturated rings. The van der Waals surface area contributed by atoms with Gasteiger partial charge in [0.15, 0.2) is 0 Å². The van der Waals surface area contributed by atoms with E-state index in [-0.39, 0.29) is 0 Å². The van der Waals surface area contributed by atoms with Crippen LogP contribution in [-0.2, 0) is 0 Å². The molecule has 66 heavy (non-hydrogen) atoms. The third kappa shape index (κ3) is 6.30. The van der Waals surface area contributed by atoms with Crippen LogP contribution in [0.3, 0.4) is 0 Å². The molecule has 1 heterocycles. The summed E-state index contributed by atoms with van der Waals surface area (Å²) in [6, 6.07) is 91.6. The molecule has 0 aliphatic heterocycles.